The number of amides is 2. The van der Waals surface area contributed by atoms with Crippen LogP contribution in [0.2, 0.25) is 5.02 Å². The highest BCUT2D eigenvalue weighted by Crippen LogP contribution is 2.29. The molecule has 2 aromatic carbocycles. The summed E-state index contributed by atoms with van der Waals surface area (Å²) < 4.78 is 5.35. The third kappa shape index (κ3) is 5.49. The number of imide groups is 1. The first kappa shape index (κ1) is 22.5. The van der Waals surface area contributed by atoms with Crippen LogP contribution in [-0.2, 0) is 27.2 Å². The second-order valence-corrected chi connectivity index (χ2v) is 7.87. The van der Waals surface area contributed by atoms with Crippen LogP contribution in [0.15, 0.2) is 42.5 Å². The Bertz CT molecular complexity index is 1030. The average Bonchev–Trinajstić information content (AvgIpc) is 2.87. The van der Waals surface area contributed by atoms with Crippen molar-refractivity contribution < 1.29 is 29.0 Å². The average molecular weight is 444 g/mol. The molecule has 0 aromatic heterocycles. The van der Waals surface area contributed by atoms with E-state index < -0.39 is 23.7 Å². The van der Waals surface area contributed by atoms with E-state index in [2.05, 4.69) is 0 Å². The molecule has 2 aromatic rings. The number of carbonyl (C=O) groups is 4. The third-order valence-corrected chi connectivity index (χ3v) is 5.50. The van der Waals surface area contributed by atoms with E-state index in [1.54, 1.807) is 24.3 Å². The number of Topliss-reactive ketones (excluding diaryl/α,β-unsaturated/α-hetero) is 1. The van der Waals surface area contributed by atoms with Crippen LogP contribution < -0.4 is 4.74 Å². The largest absolute Gasteiger partial charge is 0.496 e. The maximum atomic E-state index is 13.2. The van der Waals surface area contributed by atoms with Gasteiger partial charge in [-0.1, -0.05) is 23.7 Å². The second kappa shape index (κ2) is 9.75. The lowest BCUT2D eigenvalue weighted by Gasteiger charge is -2.23. The Hall–Kier alpha value is -3.19. The zero-order valence-electron chi connectivity index (χ0n) is 17.0. The van der Waals surface area contributed by atoms with E-state index in [9.17, 15) is 19.2 Å². The monoisotopic (exact) mass is 443 g/mol. The van der Waals surface area contributed by atoms with Crippen molar-refractivity contribution in [3.05, 3.63) is 64.2 Å². The number of methoxy groups -OCH3 is 1. The van der Waals surface area contributed by atoms with Gasteiger partial charge in [0.25, 0.3) is 0 Å². The molecule has 2 amide bonds. The molecule has 31 heavy (non-hydrogen) atoms. The van der Waals surface area contributed by atoms with Crippen LogP contribution >= 0.6 is 11.6 Å². The van der Waals surface area contributed by atoms with Gasteiger partial charge in [0.1, 0.15) is 5.75 Å². The summed E-state index contributed by atoms with van der Waals surface area (Å²) >= 11 is 6.09. The first-order chi connectivity index (χ1) is 14.8. The van der Waals surface area contributed by atoms with E-state index in [0.717, 1.165) is 10.5 Å². The summed E-state index contributed by atoms with van der Waals surface area (Å²) in [5.74, 6) is -2.25. The molecule has 1 heterocycles. The standard InChI is InChI=1S/C23H22ClNO6/c1-31-20-8-6-18(24)12-17(20)11-15-5-7-19(26)13-25(22(15)28)21(27)10-14-3-2-4-16(9-14)23(29)30/h2-4,6,8-9,12,15H,5,7,10-11,13H2,1H3,(H,29,30). The predicted octanol–water partition coefficient (Wildman–Crippen LogP) is 3.17. The molecule has 1 atom stereocenters. The minimum absolute atomic E-state index is 0.0505. The van der Waals surface area contributed by atoms with Gasteiger partial charge in [-0.25, -0.2) is 4.79 Å². The van der Waals surface area contributed by atoms with Crippen molar-refractivity contribution in [3.8, 4) is 5.75 Å². The fourth-order valence-corrected chi connectivity index (χ4v) is 3.86. The summed E-state index contributed by atoms with van der Waals surface area (Å²) in [4.78, 5) is 50.5. The van der Waals surface area contributed by atoms with Gasteiger partial charge >= 0.3 is 5.97 Å². The second-order valence-electron chi connectivity index (χ2n) is 7.43. The minimum Gasteiger partial charge on any atom is -0.496 e. The van der Waals surface area contributed by atoms with Crippen LogP contribution in [0, 0.1) is 5.92 Å². The van der Waals surface area contributed by atoms with E-state index in [0.29, 0.717) is 22.8 Å². The number of rotatable bonds is 6. The molecule has 1 aliphatic rings. The molecular weight excluding hydrogens is 422 g/mol. The SMILES string of the molecule is COc1ccc(Cl)cc1CC1CCC(=O)CN(C(=O)Cc2cccc(C(=O)O)c2)C1=O. The highest BCUT2D eigenvalue weighted by atomic mass is 35.5. The van der Waals surface area contributed by atoms with Crippen LogP contribution in [0.3, 0.4) is 0 Å². The number of ketones is 1. The van der Waals surface area contributed by atoms with Crippen molar-refractivity contribution in [1.82, 2.24) is 4.90 Å². The summed E-state index contributed by atoms with van der Waals surface area (Å²) in [7, 11) is 1.52. The van der Waals surface area contributed by atoms with Gasteiger partial charge in [0.05, 0.1) is 25.6 Å². The number of benzene rings is 2. The van der Waals surface area contributed by atoms with E-state index in [1.807, 2.05) is 0 Å². The first-order valence-electron chi connectivity index (χ1n) is 9.79. The number of halogens is 1. The Balaban J connectivity index is 1.81. The molecule has 1 fully saturated rings. The lowest BCUT2D eigenvalue weighted by atomic mass is 9.93. The van der Waals surface area contributed by atoms with Crippen molar-refractivity contribution in [1.29, 1.82) is 0 Å². The highest BCUT2D eigenvalue weighted by molar-refractivity contribution is 6.30. The molecule has 0 spiro atoms. The predicted molar refractivity (Wildman–Crippen MR) is 113 cm³/mol. The number of hydrogen-bond acceptors (Lipinski definition) is 5. The van der Waals surface area contributed by atoms with Crippen molar-refractivity contribution >= 4 is 35.2 Å². The third-order valence-electron chi connectivity index (χ3n) is 5.26. The quantitative estimate of drug-likeness (QED) is 0.735. The topological polar surface area (TPSA) is 101 Å². The Labute approximate surface area is 184 Å². The summed E-state index contributed by atoms with van der Waals surface area (Å²) in [6.07, 6.45) is 0.630. The summed E-state index contributed by atoms with van der Waals surface area (Å²) in [5, 5.41) is 9.63. The molecule has 0 radical (unpaired) electrons. The molecule has 0 aliphatic carbocycles. The fraction of sp³-hybridized carbons (Fsp3) is 0.304. The molecular formula is C23H22ClNO6. The Morgan fingerprint density at radius 3 is 2.68 bits per heavy atom. The van der Waals surface area contributed by atoms with Gasteiger partial charge in [-0.2, -0.15) is 0 Å². The number of carbonyl (C=O) groups excluding carboxylic acids is 3. The highest BCUT2D eigenvalue weighted by Gasteiger charge is 2.34. The number of carboxylic acid groups (broad SMARTS) is 1. The van der Waals surface area contributed by atoms with Gasteiger partial charge < -0.3 is 9.84 Å². The van der Waals surface area contributed by atoms with Crippen LogP contribution in [0.1, 0.15) is 34.3 Å². The van der Waals surface area contributed by atoms with Crippen LogP contribution in [0.25, 0.3) is 0 Å². The normalized spacial score (nSPS) is 16.7. The number of hydrogen-bond donors (Lipinski definition) is 1. The first-order valence-corrected chi connectivity index (χ1v) is 10.2. The number of nitrogens with zero attached hydrogens (tertiary/aromatic N) is 1. The molecule has 8 heteroatoms. The molecule has 1 N–H and O–H groups in total. The van der Waals surface area contributed by atoms with Crippen molar-refractivity contribution in [2.24, 2.45) is 5.92 Å². The molecule has 1 unspecified atom stereocenters. The lowest BCUT2D eigenvalue weighted by molar-refractivity contribution is -0.148. The maximum absolute atomic E-state index is 13.2. The van der Waals surface area contributed by atoms with Crippen molar-refractivity contribution in [2.75, 3.05) is 13.7 Å². The van der Waals surface area contributed by atoms with Crippen LogP contribution in [0.4, 0.5) is 0 Å². The van der Waals surface area contributed by atoms with Crippen molar-refractivity contribution in [2.45, 2.75) is 25.7 Å². The summed E-state index contributed by atoms with van der Waals surface area (Å²) in [6, 6.07) is 11.1. The number of carboxylic acids is 1. The molecule has 3 rings (SSSR count). The van der Waals surface area contributed by atoms with Gasteiger partial charge in [0.15, 0.2) is 5.78 Å². The van der Waals surface area contributed by atoms with Gasteiger partial charge in [0.2, 0.25) is 11.8 Å². The Morgan fingerprint density at radius 2 is 1.97 bits per heavy atom. The summed E-state index contributed by atoms with van der Waals surface area (Å²) in [6.45, 7) is -0.278. The van der Waals surface area contributed by atoms with E-state index in [1.165, 1.54) is 25.3 Å². The van der Waals surface area contributed by atoms with E-state index in [4.69, 9.17) is 21.4 Å². The van der Waals surface area contributed by atoms with Crippen LogP contribution in [0.5, 0.6) is 5.75 Å². The van der Waals surface area contributed by atoms with Gasteiger partial charge in [0, 0.05) is 17.4 Å². The molecule has 1 aliphatic heterocycles. The van der Waals surface area contributed by atoms with Gasteiger partial charge in [-0.15, -0.1) is 0 Å². The lowest BCUT2D eigenvalue weighted by Crippen LogP contribution is -2.42. The molecule has 1 saturated heterocycles. The fourth-order valence-electron chi connectivity index (χ4n) is 3.67. The zero-order chi connectivity index (χ0) is 22.5. The molecule has 0 saturated carbocycles. The van der Waals surface area contributed by atoms with Crippen LogP contribution in [-0.4, -0.2) is 47.2 Å². The summed E-state index contributed by atoms with van der Waals surface area (Å²) in [5.41, 5.74) is 1.24. The Kier molecular flexibility index (Phi) is 7.07. The van der Waals surface area contributed by atoms with Gasteiger partial charge in [-0.3, -0.25) is 19.3 Å². The molecule has 162 valence electrons. The van der Waals surface area contributed by atoms with E-state index >= 15 is 0 Å². The zero-order valence-corrected chi connectivity index (χ0v) is 17.7. The number of aromatic carboxylic acids is 1. The number of ether oxygens (including phenoxy) is 1. The number of likely N-dealkylation sites (tertiary alicyclic amines) is 1. The minimum atomic E-state index is -1.11. The van der Waals surface area contributed by atoms with E-state index in [-0.39, 0.29) is 37.2 Å². The smallest absolute Gasteiger partial charge is 0.335 e. The van der Waals surface area contributed by atoms with Crippen molar-refractivity contribution in [3.63, 3.8) is 0 Å². The van der Waals surface area contributed by atoms with Gasteiger partial charge in [-0.05, 0) is 54.3 Å². The maximum Gasteiger partial charge on any atom is 0.335 e. The Morgan fingerprint density at radius 1 is 1.19 bits per heavy atom. The molecule has 7 nitrogen and oxygen atoms in total. The molecule has 0 bridgehead atoms.